The van der Waals surface area contributed by atoms with Crippen LogP contribution in [0.5, 0.6) is 0 Å². The molecule has 0 amide bonds. The van der Waals surface area contributed by atoms with Crippen molar-refractivity contribution < 1.29 is 8.78 Å². The number of H-pyrrole nitrogens is 2. The maximum Gasteiger partial charge on any atom is 0.161 e. The minimum atomic E-state index is -0.518. The first-order valence-electron chi connectivity index (χ1n) is 15.1. The zero-order valence-corrected chi connectivity index (χ0v) is 25.2. The molecule has 5 aromatic heterocycles. The standard InChI is InChI=1S/C33H34F2N10/c1-33(2,18-36)42-23-12-20(11-22(34)13-23)29-30-24(6-7-38-29)40-32(41-30)31-26-25(43-44-31)16-39-28(27(26)35)21-10-19(14-37-15-21)17-45-8-4-3-5-9-45/h6-7,10-16,42H,3-5,8-9,17-18,36H2,1-2H3,(H,40,41)(H,43,44). The van der Waals surface area contributed by atoms with Gasteiger partial charge in [-0.1, -0.05) is 6.42 Å². The Bertz CT molecular complexity index is 2010. The van der Waals surface area contributed by atoms with E-state index in [0.717, 1.165) is 25.2 Å². The molecular formula is C33H34F2N10. The van der Waals surface area contributed by atoms with Crippen molar-refractivity contribution in [3.05, 3.63) is 72.3 Å². The number of hydrogen-bond acceptors (Lipinski definition) is 8. The van der Waals surface area contributed by atoms with Gasteiger partial charge in [0, 0.05) is 54.0 Å². The van der Waals surface area contributed by atoms with Gasteiger partial charge in [0.25, 0.3) is 0 Å². The number of anilines is 1. The summed E-state index contributed by atoms with van der Waals surface area (Å²) in [6, 6.07) is 8.36. The van der Waals surface area contributed by atoms with E-state index in [9.17, 15) is 4.39 Å². The number of nitrogens with one attached hydrogen (secondary N) is 3. The van der Waals surface area contributed by atoms with Gasteiger partial charge in [-0.2, -0.15) is 5.10 Å². The van der Waals surface area contributed by atoms with Crippen LogP contribution in [-0.2, 0) is 6.54 Å². The van der Waals surface area contributed by atoms with Crippen molar-refractivity contribution in [3.8, 4) is 34.0 Å². The molecule has 0 unspecified atom stereocenters. The average Bonchev–Trinajstić information content (AvgIpc) is 3.66. The van der Waals surface area contributed by atoms with Crippen LogP contribution in [0.15, 0.2) is 55.1 Å². The van der Waals surface area contributed by atoms with Crippen LogP contribution >= 0.6 is 0 Å². The average molecular weight is 609 g/mol. The van der Waals surface area contributed by atoms with Gasteiger partial charge >= 0.3 is 0 Å². The monoisotopic (exact) mass is 608 g/mol. The van der Waals surface area contributed by atoms with Gasteiger partial charge in [0.2, 0.25) is 0 Å². The molecule has 1 aromatic carbocycles. The molecule has 0 atom stereocenters. The number of pyridine rings is 3. The molecule has 230 valence electrons. The summed E-state index contributed by atoms with van der Waals surface area (Å²) in [5.41, 5.74) is 10.7. The lowest BCUT2D eigenvalue weighted by Gasteiger charge is -2.26. The highest BCUT2D eigenvalue weighted by Gasteiger charge is 2.23. The largest absolute Gasteiger partial charge is 0.379 e. The van der Waals surface area contributed by atoms with Crippen LogP contribution in [0.1, 0.15) is 38.7 Å². The van der Waals surface area contributed by atoms with Gasteiger partial charge < -0.3 is 16.0 Å². The zero-order chi connectivity index (χ0) is 31.1. The van der Waals surface area contributed by atoms with Gasteiger partial charge in [0.1, 0.15) is 22.7 Å². The lowest BCUT2D eigenvalue weighted by atomic mass is 10.0. The molecule has 0 saturated carbocycles. The first-order valence-corrected chi connectivity index (χ1v) is 15.1. The number of benzene rings is 1. The van der Waals surface area contributed by atoms with Crippen LogP contribution in [0.3, 0.4) is 0 Å². The number of hydrogen-bond donors (Lipinski definition) is 4. The molecule has 5 N–H and O–H groups in total. The molecule has 1 aliphatic rings. The van der Waals surface area contributed by atoms with E-state index in [0.29, 0.717) is 57.1 Å². The topological polar surface area (TPSA) is 137 Å². The van der Waals surface area contributed by atoms with Crippen LogP contribution in [-0.4, -0.2) is 65.2 Å². The predicted octanol–water partition coefficient (Wildman–Crippen LogP) is 6.04. The van der Waals surface area contributed by atoms with Gasteiger partial charge in [-0.25, -0.2) is 13.8 Å². The number of aromatic nitrogens is 7. The van der Waals surface area contributed by atoms with E-state index >= 15 is 4.39 Å². The Morgan fingerprint density at radius 2 is 1.78 bits per heavy atom. The summed E-state index contributed by atoms with van der Waals surface area (Å²) in [4.78, 5) is 23.8. The molecule has 10 nitrogen and oxygen atoms in total. The van der Waals surface area contributed by atoms with E-state index in [1.54, 1.807) is 24.7 Å². The van der Waals surface area contributed by atoms with Gasteiger partial charge in [-0.05, 0) is 75.7 Å². The quantitative estimate of drug-likeness (QED) is 0.164. The molecule has 6 aromatic rings. The molecule has 1 saturated heterocycles. The minimum Gasteiger partial charge on any atom is -0.379 e. The van der Waals surface area contributed by atoms with Crippen LogP contribution < -0.4 is 11.1 Å². The van der Waals surface area contributed by atoms with Crippen LogP contribution in [0, 0.1) is 11.6 Å². The first-order chi connectivity index (χ1) is 21.8. The predicted molar refractivity (Wildman–Crippen MR) is 171 cm³/mol. The third-order valence-electron chi connectivity index (χ3n) is 8.26. The Morgan fingerprint density at radius 3 is 2.60 bits per heavy atom. The van der Waals surface area contributed by atoms with Crippen molar-refractivity contribution >= 4 is 27.6 Å². The Kier molecular flexibility index (Phi) is 7.46. The van der Waals surface area contributed by atoms with Crippen molar-refractivity contribution in [3.63, 3.8) is 0 Å². The number of fused-ring (bicyclic) bond motifs is 2. The van der Waals surface area contributed by atoms with Crippen molar-refractivity contribution in [1.82, 2.24) is 40.0 Å². The zero-order valence-electron chi connectivity index (χ0n) is 25.2. The summed E-state index contributed by atoms with van der Waals surface area (Å²) < 4.78 is 31.1. The summed E-state index contributed by atoms with van der Waals surface area (Å²) in [6.45, 7) is 7.12. The molecular weight excluding hydrogens is 574 g/mol. The molecule has 1 fully saturated rings. The third kappa shape index (κ3) is 5.74. The molecule has 12 heteroatoms. The highest BCUT2D eigenvalue weighted by atomic mass is 19.1. The van der Waals surface area contributed by atoms with E-state index in [-0.39, 0.29) is 11.1 Å². The SMILES string of the molecule is CC(C)(CN)Nc1cc(F)cc(-c2nccc3[nH]c(-c4n[nH]c5cnc(-c6cncc(CN7CCCCC7)c6)c(F)c45)nc23)c1. The molecule has 0 radical (unpaired) electrons. The van der Waals surface area contributed by atoms with Crippen LogP contribution in [0.25, 0.3) is 56.0 Å². The molecule has 45 heavy (non-hydrogen) atoms. The summed E-state index contributed by atoms with van der Waals surface area (Å²) in [7, 11) is 0. The van der Waals surface area contributed by atoms with Crippen LogP contribution in [0.4, 0.5) is 14.5 Å². The fraction of sp³-hybridized carbons (Fsp3) is 0.303. The number of nitrogens with two attached hydrogens (primary N) is 1. The van der Waals surface area contributed by atoms with E-state index in [1.165, 1.54) is 31.4 Å². The lowest BCUT2D eigenvalue weighted by Crippen LogP contribution is -2.39. The Labute approximate surface area is 258 Å². The van der Waals surface area contributed by atoms with E-state index in [2.05, 4.69) is 40.3 Å². The molecule has 0 bridgehead atoms. The maximum atomic E-state index is 16.3. The van der Waals surface area contributed by atoms with Crippen molar-refractivity contribution in [2.45, 2.75) is 45.2 Å². The molecule has 6 heterocycles. The number of aromatic amines is 2. The van der Waals surface area contributed by atoms with Crippen molar-refractivity contribution in [1.29, 1.82) is 0 Å². The maximum absolute atomic E-state index is 16.3. The summed E-state index contributed by atoms with van der Waals surface area (Å²) in [6.07, 6.45) is 10.3. The number of imidazole rings is 1. The summed E-state index contributed by atoms with van der Waals surface area (Å²) in [5.74, 6) is -0.597. The fourth-order valence-electron chi connectivity index (χ4n) is 5.93. The molecule has 7 rings (SSSR count). The summed E-state index contributed by atoms with van der Waals surface area (Å²) >= 11 is 0. The first kappa shape index (κ1) is 28.9. The number of nitrogens with zero attached hydrogens (tertiary/aromatic N) is 6. The van der Waals surface area contributed by atoms with Gasteiger partial charge in [-0.3, -0.25) is 25.0 Å². The highest BCUT2D eigenvalue weighted by molar-refractivity contribution is 5.97. The number of halogens is 2. The normalized spacial score (nSPS) is 14.4. The van der Waals surface area contributed by atoms with Crippen molar-refractivity contribution in [2.24, 2.45) is 5.73 Å². The second-order valence-corrected chi connectivity index (χ2v) is 12.3. The number of likely N-dealkylation sites (tertiary alicyclic amines) is 1. The number of piperidine rings is 1. The van der Waals surface area contributed by atoms with Gasteiger partial charge in [-0.15, -0.1) is 0 Å². The number of rotatable bonds is 8. The van der Waals surface area contributed by atoms with Crippen LogP contribution in [0.2, 0.25) is 0 Å². The van der Waals surface area contributed by atoms with E-state index < -0.39 is 17.2 Å². The smallest absolute Gasteiger partial charge is 0.161 e. The Hall–Kier alpha value is -4.81. The second-order valence-electron chi connectivity index (χ2n) is 12.3. The van der Waals surface area contributed by atoms with Gasteiger partial charge in [0.15, 0.2) is 11.6 Å². The summed E-state index contributed by atoms with van der Waals surface area (Å²) in [5, 5.41) is 10.8. The molecule has 0 spiro atoms. The fourth-order valence-corrected chi connectivity index (χ4v) is 5.93. The third-order valence-corrected chi connectivity index (χ3v) is 8.26. The molecule has 0 aliphatic carbocycles. The molecule has 1 aliphatic heterocycles. The van der Waals surface area contributed by atoms with E-state index in [1.807, 2.05) is 32.2 Å². The Balaban J connectivity index is 1.26. The van der Waals surface area contributed by atoms with Crippen molar-refractivity contribution in [2.75, 3.05) is 25.0 Å². The second kappa shape index (κ2) is 11.6. The minimum absolute atomic E-state index is 0.191. The van der Waals surface area contributed by atoms with E-state index in [4.69, 9.17) is 10.7 Å². The Morgan fingerprint density at radius 1 is 0.933 bits per heavy atom. The lowest BCUT2D eigenvalue weighted by molar-refractivity contribution is 0.220. The van der Waals surface area contributed by atoms with Gasteiger partial charge in [0.05, 0.1) is 28.3 Å². The highest BCUT2D eigenvalue weighted by Crippen LogP contribution is 2.35.